The molecule has 0 aromatic carbocycles. The SMILES string of the molecule is Cc1[nH]c(OC(F)(F)F)cc(=O)c1[N+](=O)[O-]. The molecule has 0 spiro atoms. The predicted octanol–water partition coefficient (Wildman–Crippen LogP) is 1.49. The highest BCUT2D eigenvalue weighted by molar-refractivity contribution is 5.37. The number of hydrogen-bond donors (Lipinski definition) is 1. The van der Waals surface area contributed by atoms with Gasteiger partial charge in [0, 0.05) is 0 Å². The predicted molar refractivity (Wildman–Crippen MR) is 45.1 cm³/mol. The highest BCUT2D eigenvalue weighted by atomic mass is 19.4. The number of alkyl halides is 3. The third-order valence-electron chi connectivity index (χ3n) is 1.57. The van der Waals surface area contributed by atoms with E-state index in [9.17, 15) is 28.1 Å². The Balaban J connectivity index is 3.21. The molecule has 1 aromatic rings. The Morgan fingerprint density at radius 3 is 2.44 bits per heavy atom. The number of nitrogens with one attached hydrogen (secondary N) is 1. The maximum absolute atomic E-state index is 11.8. The van der Waals surface area contributed by atoms with Crippen molar-refractivity contribution in [2.75, 3.05) is 0 Å². The summed E-state index contributed by atoms with van der Waals surface area (Å²) in [6.07, 6.45) is -4.97. The minimum Gasteiger partial charge on any atom is -0.390 e. The van der Waals surface area contributed by atoms with Crippen LogP contribution in [-0.2, 0) is 0 Å². The topological polar surface area (TPSA) is 85.2 Å². The van der Waals surface area contributed by atoms with Crippen molar-refractivity contribution < 1.29 is 22.8 Å². The van der Waals surface area contributed by atoms with Crippen LogP contribution in [-0.4, -0.2) is 16.3 Å². The highest BCUT2D eigenvalue weighted by Crippen LogP contribution is 2.21. The van der Waals surface area contributed by atoms with Crippen molar-refractivity contribution in [3.05, 3.63) is 32.1 Å². The summed E-state index contributed by atoms with van der Waals surface area (Å²) >= 11 is 0. The fourth-order valence-electron chi connectivity index (χ4n) is 1.06. The third-order valence-corrected chi connectivity index (χ3v) is 1.57. The molecule has 16 heavy (non-hydrogen) atoms. The van der Waals surface area contributed by atoms with Gasteiger partial charge in [0.1, 0.15) is 0 Å². The van der Waals surface area contributed by atoms with E-state index in [4.69, 9.17) is 0 Å². The monoisotopic (exact) mass is 238 g/mol. The Kier molecular flexibility index (Phi) is 2.88. The smallest absolute Gasteiger partial charge is 0.390 e. The van der Waals surface area contributed by atoms with Crippen molar-refractivity contribution in [1.82, 2.24) is 4.98 Å². The molecule has 0 saturated heterocycles. The maximum Gasteiger partial charge on any atom is 0.574 e. The number of rotatable bonds is 2. The van der Waals surface area contributed by atoms with Gasteiger partial charge in [0.15, 0.2) is 0 Å². The van der Waals surface area contributed by atoms with Crippen LogP contribution in [0.25, 0.3) is 0 Å². The van der Waals surface area contributed by atoms with E-state index in [0.717, 1.165) is 6.92 Å². The lowest BCUT2D eigenvalue weighted by Crippen LogP contribution is -2.20. The van der Waals surface area contributed by atoms with E-state index in [1.807, 2.05) is 4.98 Å². The summed E-state index contributed by atoms with van der Waals surface area (Å²) in [6, 6.07) is 0.374. The van der Waals surface area contributed by atoms with Gasteiger partial charge in [0.05, 0.1) is 16.7 Å². The van der Waals surface area contributed by atoms with Crippen molar-refractivity contribution in [3.63, 3.8) is 0 Å². The number of hydrogen-bond acceptors (Lipinski definition) is 4. The zero-order valence-electron chi connectivity index (χ0n) is 7.79. The van der Waals surface area contributed by atoms with Crippen LogP contribution in [0.15, 0.2) is 10.9 Å². The van der Waals surface area contributed by atoms with Gasteiger partial charge in [-0.05, 0) is 6.92 Å². The molecule has 0 unspecified atom stereocenters. The number of nitrogens with zero attached hydrogens (tertiary/aromatic N) is 1. The standard InChI is InChI=1S/C7H5F3N2O4/c1-3-6(12(14)15)4(13)2-5(11-3)16-7(8,9)10/h2H,1H3,(H,11,13). The molecular formula is C7H5F3N2O4. The van der Waals surface area contributed by atoms with E-state index in [1.165, 1.54) is 0 Å². The van der Waals surface area contributed by atoms with E-state index in [-0.39, 0.29) is 5.69 Å². The molecule has 1 heterocycles. The Hall–Kier alpha value is -2.06. The molecule has 0 fully saturated rings. The van der Waals surface area contributed by atoms with Crippen molar-refractivity contribution >= 4 is 5.69 Å². The first-order valence-electron chi connectivity index (χ1n) is 3.85. The maximum atomic E-state index is 11.8. The minimum absolute atomic E-state index is 0.309. The summed E-state index contributed by atoms with van der Waals surface area (Å²) in [7, 11) is 0. The van der Waals surface area contributed by atoms with Crippen LogP contribution in [0.4, 0.5) is 18.9 Å². The molecule has 1 rings (SSSR count). The van der Waals surface area contributed by atoms with E-state index in [2.05, 4.69) is 4.74 Å². The number of ether oxygens (including phenoxy) is 1. The van der Waals surface area contributed by atoms with Crippen molar-refractivity contribution in [2.45, 2.75) is 13.3 Å². The summed E-state index contributed by atoms with van der Waals surface area (Å²) in [5, 5.41) is 10.4. The van der Waals surface area contributed by atoms with Gasteiger partial charge in [-0.1, -0.05) is 0 Å². The molecule has 0 bridgehead atoms. The Bertz CT molecular complexity index is 480. The van der Waals surface area contributed by atoms with Gasteiger partial charge in [-0.25, -0.2) is 0 Å². The Morgan fingerprint density at radius 1 is 1.50 bits per heavy atom. The molecular weight excluding hydrogens is 233 g/mol. The highest BCUT2D eigenvalue weighted by Gasteiger charge is 2.32. The van der Waals surface area contributed by atoms with Crippen molar-refractivity contribution in [3.8, 4) is 5.88 Å². The molecule has 0 aliphatic carbocycles. The average molecular weight is 238 g/mol. The molecule has 0 atom stereocenters. The summed E-state index contributed by atoms with van der Waals surface area (Å²) in [4.78, 5) is 22.4. The first-order chi connectivity index (χ1) is 7.20. The van der Waals surface area contributed by atoms with Crippen LogP contribution in [0.3, 0.4) is 0 Å². The second-order valence-corrected chi connectivity index (χ2v) is 2.78. The number of aromatic amines is 1. The lowest BCUT2D eigenvalue weighted by Gasteiger charge is -2.08. The van der Waals surface area contributed by atoms with Gasteiger partial charge in [-0.2, -0.15) is 0 Å². The number of aromatic nitrogens is 1. The zero-order valence-corrected chi connectivity index (χ0v) is 7.79. The van der Waals surface area contributed by atoms with Crippen molar-refractivity contribution in [2.24, 2.45) is 0 Å². The van der Waals surface area contributed by atoms with Gasteiger partial charge in [0.25, 0.3) is 5.43 Å². The number of pyridine rings is 1. The minimum atomic E-state index is -4.97. The number of H-pyrrole nitrogens is 1. The number of aryl methyl sites for hydroxylation is 1. The third kappa shape index (κ3) is 2.72. The normalized spacial score (nSPS) is 11.2. The molecule has 0 aliphatic rings. The lowest BCUT2D eigenvalue weighted by atomic mass is 10.3. The molecule has 88 valence electrons. The van der Waals surface area contributed by atoms with E-state index in [0.29, 0.717) is 6.07 Å². The van der Waals surface area contributed by atoms with Crippen LogP contribution < -0.4 is 10.2 Å². The van der Waals surface area contributed by atoms with Crippen LogP contribution >= 0.6 is 0 Å². The van der Waals surface area contributed by atoms with Gasteiger partial charge in [-0.3, -0.25) is 14.9 Å². The fourth-order valence-corrected chi connectivity index (χ4v) is 1.06. The molecule has 9 heteroatoms. The molecule has 1 N–H and O–H groups in total. The molecule has 0 aliphatic heterocycles. The van der Waals surface area contributed by atoms with Crippen LogP contribution in [0.2, 0.25) is 0 Å². The van der Waals surface area contributed by atoms with Crippen LogP contribution in [0.1, 0.15) is 5.69 Å². The second kappa shape index (κ2) is 3.83. The Morgan fingerprint density at radius 2 is 2.06 bits per heavy atom. The van der Waals surface area contributed by atoms with Crippen LogP contribution in [0.5, 0.6) is 5.88 Å². The van der Waals surface area contributed by atoms with Gasteiger partial charge in [-0.15, -0.1) is 13.2 Å². The van der Waals surface area contributed by atoms with E-state index < -0.39 is 28.3 Å². The molecule has 0 radical (unpaired) electrons. The summed E-state index contributed by atoms with van der Waals surface area (Å²) in [5.74, 6) is -0.888. The average Bonchev–Trinajstić information content (AvgIpc) is 1.96. The lowest BCUT2D eigenvalue weighted by molar-refractivity contribution is -0.387. The van der Waals surface area contributed by atoms with E-state index in [1.54, 1.807) is 0 Å². The first-order valence-corrected chi connectivity index (χ1v) is 3.85. The fraction of sp³-hybridized carbons (Fsp3) is 0.286. The number of halogens is 3. The second-order valence-electron chi connectivity index (χ2n) is 2.78. The van der Waals surface area contributed by atoms with Crippen LogP contribution in [0, 0.1) is 17.0 Å². The summed E-state index contributed by atoms with van der Waals surface area (Å²) in [5.41, 5.74) is -2.27. The van der Waals surface area contributed by atoms with Gasteiger partial charge in [0.2, 0.25) is 5.88 Å². The molecule has 1 aromatic heterocycles. The first kappa shape index (κ1) is 12.0. The quantitative estimate of drug-likeness (QED) is 0.624. The summed E-state index contributed by atoms with van der Waals surface area (Å²) in [6.45, 7) is 1.10. The van der Waals surface area contributed by atoms with E-state index >= 15 is 0 Å². The zero-order chi connectivity index (χ0) is 12.5. The molecule has 6 nitrogen and oxygen atoms in total. The largest absolute Gasteiger partial charge is 0.574 e. The Labute approximate surface area is 85.8 Å². The van der Waals surface area contributed by atoms with Crippen molar-refractivity contribution in [1.29, 1.82) is 0 Å². The molecule has 0 amide bonds. The van der Waals surface area contributed by atoms with Gasteiger partial charge < -0.3 is 9.72 Å². The molecule has 0 saturated carbocycles. The number of nitro groups is 1. The summed E-state index contributed by atoms with van der Waals surface area (Å²) < 4.78 is 38.8. The van der Waals surface area contributed by atoms with Gasteiger partial charge >= 0.3 is 12.0 Å².